The second-order valence-corrected chi connectivity index (χ2v) is 4.73. The van der Waals surface area contributed by atoms with Gasteiger partial charge in [0.1, 0.15) is 6.61 Å². The fourth-order valence-corrected chi connectivity index (χ4v) is 1.87. The van der Waals surface area contributed by atoms with Gasteiger partial charge in [-0.1, -0.05) is 42.4 Å². The molecule has 5 heteroatoms. The average Bonchev–Trinajstić information content (AvgIpc) is 2.95. The van der Waals surface area contributed by atoms with Crippen molar-refractivity contribution < 1.29 is 9.26 Å². The maximum Gasteiger partial charge on any atom is 0.243 e. The topological polar surface area (TPSA) is 74.2 Å². The van der Waals surface area contributed by atoms with Crippen molar-refractivity contribution in [1.29, 1.82) is 0 Å². The van der Waals surface area contributed by atoms with Crippen LogP contribution in [-0.4, -0.2) is 16.7 Å². The van der Waals surface area contributed by atoms with Crippen molar-refractivity contribution in [2.45, 2.75) is 38.8 Å². The molecule has 1 aromatic carbocycles. The van der Waals surface area contributed by atoms with Gasteiger partial charge in [0.2, 0.25) is 5.89 Å². The van der Waals surface area contributed by atoms with Gasteiger partial charge in [0.05, 0.1) is 6.04 Å². The minimum absolute atomic E-state index is 0.234. The molecule has 2 N–H and O–H groups in total. The Morgan fingerprint density at radius 1 is 1.30 bits per heavy atom. The lowest BCUT2D eigenvalue weighted by molar-refractivity contribution is 0.114. The number of hydrogen-bond donors (Lipinski definition) is 1. The zero-order valence-corrected chi connectivity index (χ0v) is 11.8. The van der Waals surface area contributed by atoms with E-state index in [2.05, 4.69) is 29.2 Å². The van der Waals surface area contributed by atoms with Gasteiger partial charge in [-0.3, -0.25) is 0 Å². The van der Waals surface area contributed by atoms with Crippen molar-refractivity contribution in [3.8, 4) is 0 Å². The summed E-state index contributed by atoms with van der Waals surface area (Å²) in [6.07, 6.45) is 2.65. The predicted octanol–water partition coefficient (Wildman–Crippen LogP) is 2.63. The lowest BCUT2D eigenvalue weighted by Crippen LogP contribution is -2.12. The van der Waals surface area contributed by atoms with Crippen molar-refractivity contribution in [1.82, 2.24) is 10.1 Å². The van der Waals surface area contributed by atoms with Gasteiger partial charge < -0.3 is 15.0 Å². The largest absolute Gasteiger partial charge is 0.373 e. The Morgan fingerprint density at radius 3 is 2.85 bits per heavy atom. The van der Waals surface area contributed by atoms with Crippen LogP contribution in [0.2, 0.25) is 0 Å². The van der Waals surface area contributed by atoms with E-state index < -0.39 is 0 Å². The molecule has 0 spiro atoms. The highest BCUT2D eigenvalue weighted by Crippen LogP contribution is 2.15. The number of rotatable bonds is 8. The molecule has 0 saturated carbocycles. The van der Waals surface area contributed by atoms with Gasteiger partial charge in [0.15, 0.2) is 5.82 Å². The minimum atomic E-state index is -0.234. The van der Waals surface area contributed by atoms with Gasteiger partial charge in [-0.15, -0.1) is 0 Å². The smallest absolute Gasteiger partial charge is 0.243 e. The number of ether oxygens (including phenoxy) is 1. The molecule has 1 heterocycles. The molecule has 0 fully saturated rings. The highest BCUT2D eigenvalue weighted by Gasteiger charge is 2.14. The first-order valence-corrected chi connectivity index (χ1v) is 6.99. The molecular formula is C15H21N3O2. The lowest BCUT2D eigenvalue weighted by atomic mass is 10.1. The summed E-state index contributed by atoms with van der Waals surface area (Å²) in [5.41, 5.74) is 7.33. The number of benzene rings is 1. The molecule has 108 valence electrons. The molecule has 2 rings (SSSR count). The van der Waals surface area contributed by atoms with E-state index in [1.165, 1.54) is 5.56 Å². The third kappa shape index (κ3) is 4.43. The molecule has 0 aliphatic carbocycles. The third-order valence-corrected chi connectivity index (χ3v) is 2.97. The van der Waals surface area contributed by atoms with Gasteiger partial charge in [-0.2, -0.15) is 4.98 Å². The van der Waals surface area contributed by atoms with Crippen LogP contribution in [-0.2, 0) is 17.8 Å². The molecule has 0 radical (unpaired) electrons. The Labute approximate surface area is 119 Å². The van der Waals surface area contributed by atoms with E-state index in [0.29, 0.717) is 24.9 Å². The van der Waals surface area contributed by atoms with Crippen molar-refractivity contribution in [2.24, 2.45) is 5.73 Å². The first-order valence-electron chi connectivity index (χ1n) is 6.99. The summed E-state index contributed by atoms with van der Waals surface area (Å²) in [5.74, 6) is 1.04. The van der Waals surface area contributed by atoms with E-state index in [1.807, 2.05) is 18.2 Å². The summed E-state index contributed by atoms with van der Waals surface area (Å²) in [5, 5.41) is 3.87. The molecule has 1 aromatic heterocycles. The fourth-order valence-electron chi connectivity index (χ4n) is 1.87. The van der Waals surface area contributed by atoms with E-state index in [4.69, 9.17) is 15.0 Å². The molecule has 20 heavy (non-hydrogen) atoms. The quantitative estimate of drug-likeness (QED) is 0.750. The van der Waals surface area contributed by atoms with Crippen LogP contribution in [0.3, 0.4) is 0 Å². The van der Waals surface area contributed by atoms with Crippen molar-refractivity contribution in [2.75, 3.05) is 6.61 Å². The number of nitrogens with zero attached hydrogens (tertiary/aromatic N) is 2. The van der Waals surface area contributed by atoms with Crippen LogP contribution in [0, 0.1) is 0 Å². The standard InChI is InChI=1S/C15H21N3O2/c1-2-10-19-11-14-17-15(20-18-14)13(16)9-8-12-6-4-3-5-7-12/h3-7,13H,2,8-11,16H2,1H3. The lowest BCUT2D eigenvalue weighted by Gasteiger charge is -2.06. The van der Waals surface area contributed by atoms with Gasteiger partial charge in [-0.25, -0.2) is 0 Å². The monoisotopic (exact) mass is 275 g/mol. The summed E-state index contributed by atoms with van der Waals surface area (Å²) < 4.78 is 10.5. The summed E-state index contributed by atoms with van der Waals surface area (Å²) in [7, 11) is 0. The Hall–Kier alpha value is -1.72. The van der Waals surface area contributed by atoms with E-state index in [1.54, 1.807) is 0 Å². The van der Waals surface area contributed by atoms with Gasteiger partial charge >= 0.3 is 0 Å². The van der Waals surface area contributed by atoms with Crippen LogP contribution in [0.25, 0.3) is 0 Å². The molecule has 0 aliphatic rings. The molecule has 0 saturated heterocycles. The van der Waals surface area contributed by atoms with Crippen LogP contribution in [0.5, 0.6) is 0 Å². The summed E-state index contributed by atoms with van der Waals surface area (Å²) in [6.45, 7) is 3.13. The molecule has 2 aromatic rings. The van der Waals surface area contributed by atoms with Crippen LogP contribution in [0.15, 0.2) is 34.9 Å². The Bertz CT molecular complexity index is 499. The molecular weight excluding hydrogens is 254 g/mol. The summed E-state index contributed by atoms with van der Waals surface area (Å²) in [6, 6.07) is 10.00. The average molecular weight is 275 g/mol. The van der Waals surface area contributed by atoms with E-state index >= 15 is 0 Å². The van der Waals surface area contributed by atoms with Crippen LogP contribution in [0.4, 0.5) is 0 Å². The zero-order chi connectivity index (χ0) is 14.2. The van der Waals surface area contributed by atoms with Crippen molar-refractivity contribution in [3.05, 3.63) is 47.6 Å². The number of hydrogen-bond acceptors (Lipinski definition) is 5. The van der Waals surface area contributed by atoms with Crippen LogP contribution >= 0.6 is 0 Å². The first kappa shape index (κ1) is 14.7. The zero-order valence-electron chi connectivity index (χ0n) is 11.8. The first-order chi connectivity index (χ1) is 9.79. The Balaban J connectivity index is 1.81. The highest BCUT2D eigenvalue weighted by molar-refractivity contribution is 5.15. The molecule has 1 atom stereocenters. The van der Waals surface area contributed by atoms with Crippen LogP contribution < -0.4 is 5.73 Å². The fraction of sp³-hybridized carbons (Fsp3) is 0.467. The van der Waals surface area contributed by atoms with Gasteiger partial charge in [-0.05, 0) is 24.8 Å². The van der Waals surface area contributed by atoms with E-state index in [-0.39, 0.29) is 6.04 Å². The predicted molar refractivity (Wildman–Crippen MR) is 75.9 cm³/mol. The van der Waals surface area contributed by atoms with Gasteiger partial charge in [0, 0.05) is 6.61 Å². The second-order valence-electron chi connectivity index (χ2n) is 4.73. The van der Waals surface area contributed by atoms with Crippen molar-refractivity contribution >= 4 is 0 Å². The maximum absolute atomic E-state index is 6.07. The molecule has 0 aliphatic heterocycles. The Morgan fingerprint density at radius 2 is 2.10 bits per heavy atom. The Kier molecular flexibility index (Phi) is 5.70. The SMILES string of the molecule is CCCOCc1noc(C(N)CCc2ccccc2)n1. The summed E-state index contributed by atoms with van der Waals surface area (Å²) >= 11 is 0. The van der Waals surface area contributed by atoms with Gasteiger partial charge in [0.25, 0.3) is 0 Å². The maximum atomic E-state index is 6.07. The number of aryl methyl sites for hydroxylation is 1. The normalized spacial score (nSPS) is 12.5. The van der Waals surface area contributed by atoms with E-state index in [9.17, 15) is 0 Å². The van der Waals surface area contributed by atoms with E-state index in [0.717, 1.165) is 19.3 Å². The molecule has 0 amide bonds. The second kappa shape index (κ2) is 7.77. The molecule has 1 unspecified atom stereocenters. The summed E-state index contributed by atoms with van der Waals surface area (Å²) in [4.78, 5) is 4.27. The van der Waals surface area contributed by atoms with Crippen molar-refractivity contribution in [3.63, 3.8) is 0 Å². The molecule has 5 nitrogen and oxygen atoms in total. The number of nitrogens with two attached hydrogens (primary N) is 1. The van der Waals surface area contributed by atoms with Crippen LogP contribution in [0.1, 0.15) is 43.1 Å². The minimum Gasteiger partial charge on any atom is -0.373 e. The number of aromatic nitrogens is 2. The third-order valence-electron chi connectivity index (χ3n) is 2.97. The highest BCUT2D eigenvalue weighted by atomic mass is 16.5. The molecule has 0 bridgehead atoms.